The number of anilines is 1. The Bertz CT molecular complexity index is 873. The van der Waals surface area contributed by atoms with Crippen LogP contribution in [-0.2, 0) is 9.53 Å². The molecule has 0 aromatic heterocycles. The summed E-state index contributed by atoms with van der Waals surface area (Å²) in [4.78, 5) is 23.2. The Morgan fingerprint density at radius 3 is 2.00 bits per heavy atom. The van der Waals surface area contributed by atoms with Crippen molar-refractivity contribution in [3.63, 3.8) is 0 Å². The van der Waals surface area contributed by atoms with E-state index < -0.39 is 64.6 Å². The molecule has 0 atom stereocenters. The largest absolute Gasteiger partial charge is 0.508 e. The topological polar surface area (TPSA) is 95.9 Å². The van der Waals surface area contributed by atoms with Gasteiger partial charge in [0.25, 0.3) is 5.91 Å². The zero-order chi connectivity index (χ0) is 19.6. The molecule has 6 nitrogen and oxygen atoms in total. The number of nitrogens with one attached hydrogen (secondary N) is 1. The summed E-state index contributed by atoms with van der Waals surface area (Å²) in [6.45, 7) is -1.15. The van der Waals surface area contributed by atoms with E-state index in [1.165, 1.54) is 5.32 Å². The number of carbonyl (C=O) groups is 2. The second-order valence-corrected chi connectivity index (χ2v) is 4.77. The van der Waals surface area contributed by atoms with Crippen molar-refractivity contribution in [2.24, 2.45) is 0 Å². The molecular formula is C15H8F5NO5. The van der Waals surface area contributed by atoms with Crippen LogP contribution in [0.5, 0.6) is 11.5 Å². The van der Waals surface area contributed by atoms with Crippen molar-refractivity contribution in [2.75, 3.05) is 11.9 Å². The van der Waals surface area contributed by atoms with Crippen LogP contribution in [-0.4, -0.2) is 28.7 Å². The van der Waals surface area contributed by atoms with Gasteiger partial charge in [0, 0.05) is 6.07 Å². The lowest BCUT2D eigenvalue weighted by Crippen LogP contribution is -2.23. The quantitative estimate of drug-likeness (QED) is 0.330. The molecular weight excluding hydrogens is 369 g/mol. The normalized spacial score (nSPS) is 10.5. The van der Waals surface area contributed by atoms with Crippen molar-refractivity contribution in [2.45, 2.75) is 0 Å². The van der Waals surface area contributed by atoms with E-state index in [2.05, 4.69) is 4.74 Å². The third-order valence-corrected chi connectivity index (χ3v) is 3.01. The number of rotatable bonds is 4. The predicted octanol–water partition coefficient (Wildman–Crippen LogP) is 2.59. The molecule has 0 aliphatic rings. The van der Waals surface area contributed by atoms with Crippen molar-refractivity contribution in [1.82, 2.24) is 0 Å². The minimum atomic E-state index is -2.40. The number of carbonyl (C=O) groups excluding carboxylic acids is 2. The molecule has 138 valence electrons. The van der Waals surface area contributed by atoms with E-state index in [1.54, 1.807) is 0 Å². The third kappa shape index (κ3) is 3.66. The van der Waals surface area contributed by atoms with Crippen LogP contribution in [0.25, 0.3) is 0 Å². The number of amides is 1. The van der Waals surface area contributed by atoms with Gasteiger partial charge in [0.1, 0.15) is 22.7 Å². The molecule has 0 aliphatic carbocycles. The molecule has 0 fully saturated rings. The van der Waals surface area contributed by atoms with Crippen LogP contribution in [0.1, 0.15) is 10.4 Å². The molecule has 11 heteroatoms. The van der Waals surface area contributed by atoms with Gasteiger partial charge in [0.15, 0.2) is 29.9 Å². The van der Waals surface area contributed by atoms with Gasteiger partial charge < -0.3 is 20.3 Å². The fourth-order valence-corrected chi connectivity index (χ4v) is 1.79. The number of phenolic OH excluding ortho intramolecular Hbond substituents is 2. The van der Waals surface area contributed by atoms with Crippen molar-refractivity contribution >= 4 is 17.6 Å². The van der Waals surface area contributed by atoms with Crippen molar-refractivity contribution in [3.05, 3.63) is 52.8 Å². The van der Waals surface area contributed by atoms with Crippen LogP contribution in [0.15, 0.2) is 18.2 Å². The molecule has 0 saturated carbocycles. The van der Waals surface area contributed by atoms with E-state index in [9.17, 15) is 36.6 Å². The molecule has 2 aromatic rings. The number of aromatic hydroxyl groups is 2. The van der Waals surface area contributed by atoms with E-state index >= 15 is 0 Å². The number of halogens is 5. The first-order chi connectivity index (χ1) is 12.1. The lowest BCUT2D eigenvalue weighted by Gasteiger charge is -2.10. The molecule has 1 amide bonds. The van der Waals surface area contributed by atoms with Gasteiger partial charge in [-0.1, -0.05) is 0 Å². The summed E-state index contributed by atoms with van der Waals surface area (Å²) in [6, 6.07) is 2.81. The summed E-state index contributed by atoms with van der Waals surface area (Å²) >= 11 is 0. The number of hydrogen-bond acceptors (Lipinski definition) is 5. The molecule has 0 aliphatic heterocycles. The SMILES string of the molecule is O=C(COC(=O)c1ccc(O)cc1O)Nc1c(F)c(F)c(F)c(F)c1F. The molecule has 26 heavy (non-hydrogen) atoms. The van der Waals surface area contributed by atoms with Crippen molar-refractivity contribution < 1.29 is 46.5 Å². The fourth-order valence-electron chi connectivity index (χ4n) is 1.79. The van der Waals surface area contributed by atoms with Crippen LogP contribution >= 0.6 is 0 Å². The second-order valence-electron chi connectivity index (χ2n) is 4.77. The van der Waals surface area contributed by atoms with Crippen LogP contribution in [0.2, 0.25) is 0 Å². The molecule has 2 rings (SSSR count). The maximum atomic E-state index is 13.4. The van der Waals surface area contributed by atoms with E-state index in [1.807, 2.05) is 0 Å². The van der Waals surface area contributed by atoms with Crippen LogP contribution in [0.3, 0.4) is 0 Å². The van der Waals surface area contributed by atoms with Gasteiger partial charge in [-0.2, -0.15) is 0 Å². The fraction of sp³-hybridized carbons (Fsp3) is 0.0667. The molecule has 0 bridgehead atoms. The van der Waals surface area contributed by atoms with Crippen LogP contribution in [0.4, 0.5) is 27.6 Å². The lowest BCUT2D eigenvalue weighted by atomic mass is 10.2. The Kier molecular flexibility index (Phi) is 5.29. The minimum Gasteiger partial charge on any atom is -0.508 e. The van der Waals surface area contributed by atoms with Gasteiger partial charge in [-0.3, -0.25) is 4.79 Å². The maximum absolute atomic E-state index is 13.4. The van der Waals surface area contributed by atoms with Crippen LogP contribution < -0.4 is 5.32 Å². The first-order valence-electron chi connectivity index (χ1n) is 6.63. The monoisotopic (exact) mass is 377 g/mol. The molecule has 2 aromatic carbocycles. The number of hydrogen-bond donors (Lipinski definition) is 3. The first-order valence-corrected chi connectivity index (χ1v) is 6.63. The molecule has 0 unspecified atom stereocenters. The predicted molar refractivity (Wildman–Crippen MR) is 74.9 cm³/mol. The molecule has 0 heterocycles. The number of esters is 1. The summed E-state index contributed by atoms with van der Waals surface area (Å²) in [5.74, 6) is -15.1. The molecule has 3 N–H and O–H groups in total. The van der Waals surface area contributed by atoms with Crippen molar-refractivity contribution in [3.8, 4) is 11.5 Å². The Morgan fingerprint density at radius 2 is 1.46 bits per heavy atom. The summed E-state index contributed by atoms with van der Waals surface area (Å²) in [5, 5.41) is 19.9. The van der Waals surface area contributed by atoms with Gasteiger partial charge in [-0.25, -0.2) is 26.7 Å². The standard InChI is InChI=1S/C15H8F5NO5/c16-9-10(17)12(19)14(13(20)11(9)18)21-8(24)4-26-15(25)6-2-1-5(22)3-7(6)23/h1-3,22-23H,4H2,(H,21,24). The number of ether oxygens (including phenoxy) is 1. The summed E-state index contributed by atoms with van der Waals surface area (Å²) in [7, 11) is 0. The summed E-state index contributed by atoms with van der Waals surface area (Å²) in [6.07, 6.45) is 0. The summed E-state index contributed by atoms with van der Waals surface area (Å²) < 4.78 is 70.2. The Labute approximate surface area is 141 Å². The minimum absolute atomic E-state index is 0.358. The highest BCUT2D eigenvalue weighted by Gasteiger charge is 2.27. The van der Waals surface area contributed by atoms with E-state index in [-0.39, 0.29) is 5.75 Å². The van der Waals surface area contributed by atoms with E-state index in [0.717, 1.165) is 18.2 Å². The highest BCUT2D eigenvalue weighted by Crippen LogP contribution is 2.27. The smallest absolute Gasteiger partial charge is 0.342 e. The van der Waals surface area contributed by atoms with Gasteiger partial charge in [-0.15, -0.1) is 0 Å². The zero-order valence-corrected chi connectivity index (χ0v) is 12.4. The van der Waals surface area contributed by atoms with E-state index in [0.29, 0.717) is 0 Å². The molecule has 0 saturated heterocycles. The van der Waals surface area contributed by atoms with E-state index in [4.69, 9.17) is 5.11 Å². The van der Waals surface area contributed by atoms with Gasteiger partial charge in [0.05, 0.1) is 0 Å². The number of benzene rings is 2. The van der Waals surface area contributed by atoms with Gasteiger partial charge in [0.2, 0.25) is 5.82 Å². The molecule has 0 radical (unpaired) electrons. The third-order valence-electron chi connectivity index (χ3n) is 3.01. The van der Waals surface area contributed by atoms with Gasteiger partial charge in [-0.05, 0) is 12.1 Å². The zero-order valence-electron chi connectivity index (χ0n) is 12.4. The first kappa shape index (κ1) is 19.0. The average Bonchev–Trinajstić information content (AvgIpc) is 2.60. The molecule has 0 spiro atoms. The summed E-state index contributed by atoms with van der Waals surface area (Å²) in [5.41, 5.74) is -2.04. The van der Waals surface area contributed by atoms with Crippen LogP contribution in [0, 0.1) is 29.1 Å². The Balaban J connectivity index is 2.09. The van der Waals surface area contributed by atoms with Crippen molar-refractivity contribution in [1.29, 1.82) is 0 Å². The highest BCUT2D eigenvalue weighted by atomic mass is 19.2. The lowest BCUT2D eigenvalue weighted by molar-refractivity contribution is -0.119. The number of phenols is 2. The average molecular weight is 377 g/mol. The second kappa shape index (κ2) is 7.25. The highest BCUT2D eigenvalue weighted by molar-refractivity contribution is 5.97. The van der Waals surface area contributed by atoms with Gasteiger partial charge >= 0.3 is 5.97 Å². The maximum Gasteiger partial charge on any atom is 0.342 e. The Morgan fingerprint density at radius 1 is 0.923 bits per heavy atom. The Hall–Kier alpha value is -3.37.